The second kappa shape index (κ2) is 6.98. The average Bonchev–Trinajstić information content (AvgIpc) is 2.98. The Morgan fingerprint density at radius 3 is 2.56 bits per heavy atom. The van der Waals surface area contributed by atoms with E-state index in [-0.39, 0.29) is 6.10 Å². The van der Waals surface area contributed by atoms with Crippen LogP contribution in [0.2, 0.25) is 0 Å². The summed E-state index contributed by atoms with van der Waals surface area (Å²) in [6.45, 7) is 3.74. The molecule has 0 aromatic heterocycles. The van der Waals surface area contributed by atoms with Crippen molar-refractivity contribution in [2.45, 2.75) is 64.0 Å². The molecule has 4 nitrogen and oxygen atoms in total. The van der Waals surface area contributed by atoms with Crippen LogP contribution in [0.3, 0.4) is 0 Å². The number of hydrogen-bond donors (Lipinski definition) is 3. The Kier molecular flexibility index (Phi) is 5.29. The van der Waals surface area contributed by atoms with Gasteiger partial charge in [0.2, 0.25) is 0 Å². The molecule has 18 heavy (non-hydrogen) atoms. The van der Waals surface area contributed by atoms with Gasteiger partial charge in [-0.25, -0.2) is 0 Å². The molecule has 0 radical (unpaired) electrons. The van der Waals surface area contributed by atoms with Crippen molar-refractivity contribution in [3.05, 3.63) is 0 Å². The third-order valence-electron chi connectivity index (χ3n) is 4.14. The summed E-state index contributed by atoms with van der Waals surface area (Å²) < 4.78 is 0. The summed E-state index contributed by atoms with van der Waals surface area (Å²) in [5, 5.41) is 16.6. The van der Waals surface area contributed by atoms with Gasteiger partial charge in [0.15, 0.2) is 5.96 Å². The smallest absolute Gasteiger partial charge is 0.191 e. The number of nitrogens with zero attached hydrogens (tertiary/aromatic N) is 1. The lowest BCUT2D eigenvalue weighted by Crippen LogP contribution is -2.42. The Morgan fingerprint density at radius 2 is 1.94 bits per heavy atom. The number of aliphatic imine (C=N–C) groups is 1. The minimum absolute atomic E-state index is 0.136. The van der Waals surface area contributed by atoms with Crippen LogP contribution in [0.15, 0.2) is 4.99 Å². The molecule has 0 saturated heterocycles. The summed E-state index contributed by atoms with van der Waals surface area (Å²) in [7, 11) is 0. The molecule has 0 heterocycles. The predicted molar refractivity (Wildman–Crippen MR) is 74.7 cm³/mol. The highest BCUT2D eigenvalue weighted by molar-refractivity contribution is 5.80. The molecule has 2 rings (SSSR count). The quantitative estimate of drug-likeness (QED) is 0.527. The number of aliphatic hydroxyl groups is 1. The molecule has 2 unspecified atom stereocenters. The maximum absolute atomic E-state index is 9.81. The Morgan fingerprint density at radius 1 is 1.17 bits per heavy atom. The van der Waals surface area contributed by atoms with Crippen molar-refractivity contribution >= 4 is 5.96 Å². The van der Waals surface area contributed by atoms with E-state index in [9.17, 15) is 5.11 Å². The molecular formula is C14H27N3O. The molecule has 2 aliphatic rings. The van der Waals surface area contributed by atoms with Gasteiger partial charge in [-0.1, -0.05) is 19.3 Å². The topological polar surface area (TPSA) is 56.7 Å². The summed E-state index contributed by atoms with van der Waals surface area (Å²) in [6.07, 6.45) is 8.26. The van der Waals surface area contributed by atoms with Crippen molar-refractivity contribution in [2.75, 3.05) is 13.1 Å². The zero-order valence-corrected chi connectivity index (χ0v) is 11.5. The summed E-state index contributed by atoms with van der Waals surface area (Å²) in [5.74, 6) is 1.30. The summed E-state index contributed by atoms with van der Waals surface area (Å²) in [6, 6.07) is 0.594. The van der Waals surface area contributed by atoms with Crippen LogP contribution in [-0.2, 0) is 0 Å². The van der Waals surface area contributed by atoms with Crippen molar-refractivity contribution in [3.8, 4) is 0 Å². The van der Waals surface area contributed by atoms with Gasteiger partial charge >= 0.3 is 0 Å². The molecule has 3 N–H and O–H groups in total. The second-order valence-electron chi connectivity index (χ2n) is 5.60. The van der Waals surface area contributed by atoms with Gasteiger partial charge in [-0.05, 0) is 32.6 Å². The lowest BCUT2D eigenvalue weighted by molar-refractivity contribution is 0.136. The molecule has 0 aromatic carbocycles. The molecule has 0 amide bonds. The van der Waals surface area contributed by atoms with Crippen LogP contribution in [0.5, 0.6) is 0 Å². The van der Waals surface area contributed by atoms with Crippen molar-refractivity contribution in [1.82, 2.24) is 10.6 Å². The fraction of sp³-hybridized carbons (Fsp3) is 0.929. The van der Waals surface area contributed by atoms with Crippen molar-refractivity contribution < 1.29 is 5.11 Å². The molecule has 0 bridgehead atoms. The number of guanidine groups is 1. The van der Waals surface area contributed by atoms with Gasteiger partial charge < -0.3 is 15.7 Å². The van der Waals surface area contributed by atoms with Crippen LogP contribution in [0.1, 0.15) is 51.9 Å². The summed E-state index contributed by atoms with van der Waals surface area (Å²) >= 11 is 0. The maximum atomic E-state index is 9.81. The van der Waals surface area contributed by atoms with Crippen LogP contribution in [-0.4, -0.2) is 36.3 Å². The molecule has 0 spiro atoms. The number of hydrogen-bond acceptors (Lipinski definition) is 2. The molecule has 2 saturated carbocycles. The zero-order valence-electron chi connectivity index (χ0n) is 11.5. The van der Waals surface area contributed by atoms with E-state index in [1.165, 1.54) is 25.7 Å². The minimum atomic E-state index is -0.136. The SMILES string of the molecule is CCNC(=NCC1CCCC1O)NC1CCCC1. The van der Waals surface area contributed by atoms with Crippen LogP contribution in [0.4, 0.5) is 0 Å². The molecule has 104 valence electrons. The van der Waals surface area contributed by atoms with Crippen LogP contribution in [0, 0.1) is 5.92 Å². The Bertz CT molecular complexity index is 274. The van der Waals surface area contributed by atoms with E-state index in [2.05, 4.69) is 22.5 Å². The van der Waals surface area contributed by atoms with Gasteiger partial charge in [-0.2, -0.15) is 0 Å². The normalized spacial score (nSPS) is 29.8. The molecule has 0 aromatic rings. The van der Waals surface area contributed by atoms with Crippen LogP contribution < -0.4 is 10.6 Å². The van der Waals surface area contributed by atoms with Gasteiger partial charge in [0.25, 0.3) is 0 Å². The van der Waals surface area contributed by atoms with Crippen LogP contribution >= 0.6 is 0 Å². The Balaban J connectivity index is 1.82. The third-order valence-corrected chi connectivity index (χ3v) is 4.14. The summed E-state index contributed by atoms with van der Waals surface area (Å²) in [4.78, 5) is 4.64. The highest BCUT2D eigenvalue weighted by Crippen LogP contribution is 2.25. The van der Waals surface area contributed by atoms with Gasteiger partial charge in [0, 0.05) is 25.0 Å². The number of rotatable bonds is 4. The van der Waals surface area contributed by atoms with Gasteiger partial charge in [0.05, 0.1) is 6.10 Å². The lowest BCUT2D eigenvalue weighted by Gasteiger charge is -2.18. The first-order valence-corrected chi connectivity index (χ1v) is 7.52. The fourth-order valence-corrected chi connectivity index (χ4v) is 3.02. The third kappa shape index (κ3) is 3.87. The fourth-order valence-electron chi connectivity index (χ4n) is 3.02. The summed E-state index contributed by atoms with van der Waals surface area (Å²) in [5.41, 5.74) is 0. The molecule has 2 fully saturated rings. The number of nitrogens with one attached hydrogen (secondary N) is 2. The second-order valence-corrected chi connectivity index (χ2v) is 5.60. The van der Waals surface area contributed by atoms with E-state index >= 15 is 0 Å². The largest absolute Gasteiger partial charge is 0.393 e. The first-order valence-electron chi connectivity index (χ1n) is 7.52. The van der Waals surface area contributed by atoms with Crippen molar-refractivity contribution in [2.24, 2.45) is 10.9 Å². The van der Waals surface area contributed by atoms with Crippen molar-refractivity contribution in [1.29, 1.82) is 0 Å². The molecule has 2 aliphatic carbocycles. The van der Waals surface area contributed by atoms with Crippen molar-refractivity contribution in [3.63, 3.8) is 0 Å². The molecule has 0 aliphatic heterocycles. The number of aliphatic hydroxyl groups excluding tert-OH is 1. The Labute approximate surface area is 110 Å². The Hall–Kier alpha value is -0.770. The molecule has 2 atom stereocenters. The monoisotopic (exact) mass is 253 g/mol. The predicted octanol–water partition coefficient (Wildman–Crippen LogP) is 1.65. The highest BCUT2D eigenvalue weighted by Gasteiger charge is 2.25. The van der Waals surface area contributed by atoms with Gasteiger partial charge in [-0.15, -0.1) is 0 Å². The first kappa shape index (κ1) is 13.7. The van der Waals surface area contributed by atoms with E-state index in [1.54, 1.807) is 0 Å². The van der Waals surface area contributed by atoms with E-state index in [0.29, 0.717) is 12.0 Å². The first-order chi connectivity index (χ1) is 8.79. The van der Waals surface area contributed by atoms with E-state index in [1.807, 2.05) is 0 Å². The van der Waals surface area contributed by atoms with E-state index in [0.717, 1.165) is 38.3 Å². The van der Waals surface area contributed by atoms with Gasteiger partial charge in [-0.3, -0.25) is 4.99 Å². The minimum Gasteiger partial charge on any atom is -0.393 e. The average molecular weight is 253 g/mol. The van der Waals surface area contributed by atoms with Crippen LogP contribution in [0.25, 0.3) is 0 Å². The standard InChI is InChI=1S/C14H27N3O/c1-2-15-14(17-12-7-3-4-8-12)16-10-11-6-5-9-13(11)18/h11-13,18H,2-10H2,1H3,(H2,15,16,17). The van der Waals surface area contributed by atoms with Gasteiger partial charge in [0.1, 0.15) is 0 Å². The molecule has 4 heteroatoms. The highest BCUT2D eigenvalue weighted by atomic mass is 16.3. The zero-order chi connectivity index (χ0) is 12.8. The van der Waals surface area contributed by atoms with E-state index < -0.39 is 0 Å². The van der Waals surface area contributed by atoms with E-state index in [4.69, 9.17) is 0 Å². The maximum Gasteiger partial charge on any atom is 0.191 e. The lowest BCUT2D eigenvalue weighted by atomic mass is 10.1. The molecular weight excluding hydrogens is 226 g/mol.